The molecule has 0 aliphatic carbocycles. The number of benzene rings is 2. The smallest absolute Gasteiger partial charge is 0.264 e. The first kappa shape index (κ1) is 14.1. The van der Waals surface area contributed by atoms with Gasteiger partial charge in [-0.3, -0.25) is 14.4 Å². The molecule has 4 nitrogen and oxygen atoms in total. The van der Waals surface area contributed by atoms with E-state index >= 15 is 4.39 Å². The molecule has 1 aliphatic rings. The lowest BCUT2D eigenvalue weighted by atomic mass is 10.0. The zero-order chi connectivity index (χ0) is 15.7. The van der Waals surface area contributed by atoms with E-state index in [4.69, 9.17) is 0 Å². The van der Waals surface area contributed by atoms with Crippen LogP contribution in [0.4, 0.5) is 4.39 Å². The molecule has 2 amide bonds. The number of imide groups is 1. The zero-order valence-electron chi connectivity index (χ0n) is 11.5. The molecule has 0 radical (unpaired) electrons. The fraction of sp³-hybridized carbons (Fsp3) is 0.118. The molecule has 0 N–H and O–H groups in total. The Balaban J connectivity index is 2.00. The van der Waals surface area contributed by atoms with Crippen LogP contribution >= 0.6 is 0 Å². The summed E-state index contributed by atoms with van der Waals surface area (Å²) in [6.07, 6.45) is -0.357. The van der Waals surface area contributed by atoms with E-state index in [0.29, 0.717) is 10.5 Å². The summed E-state index contributed by atoms with van der Waals surface area (Å²) in [5.74, 6) is -4.27. The molecular weight excluding hydrogens is 285 g/mol. The van der Waals surface area contributed by atoms with Crippen LogP contribution in [0.2, 0.25) is 0 Å². The maximum Gasteiger partial charge on any atom is 0.264 e. The minimum absolute atomic E-state index is 0.0156. The van der Waals surface area contributed by atoms with Crippen LogP contribution in [-0.2, 0) is 11.2 Å². The number of nitrogens with zero attached hydrogens (tertiary/aromatic N) is 1. The van der Waals surface area contributed by atoms with Gasteiger partial charge in [0.2, 0.25) is 0 Å². The molecule has 3 rings (SSSR count). The third-order valence-corrected chi connectivity index (χ3v) is 3.64. The third kappa shape index (κ3) is 2.11. The predicted molar refractivity (Wildman–Crippen MR) is 77.0 cm³/mol. The summed E-state index contributed by atoms with van der Waals surface area (Å²) in [4.78, 5) is 36.4. The van der Waals surface area contributed by atoms with Crippen LogP contribution in [0.15, 0.2) is 54.6 Å². The van der Waals surface area contributed by atoms with E-state index in [-0.39, 0.29) is 23.8 Å². The molecule has 0 spiro atoms. The van der Waals surface area contributed by atoms with Crippen molar-refractivity contribution in [2.45, 2.75) is 12.2 Å². The van der Waals surface area contributed by atoms with E-state index in [9.17, 15) is 14.4 Å². The Hall–Kier alpha value is -2.82. The quantitative estimate of drug-likeness (QED) is 0.494. The monoisotopic (exact) mass is 297 g/mol. The van der Waals surface area contributed by atoms with Crippen molar-refractivity contribution >= 4 is 18.1 Å². The highest BCUT2D eigenvalue weighted by atomic mass is 19.1. The second kappa shape index (κ2) is 5.18. The molecule has 1 heterocycles. The largest absolute Gasteiger partial charge is 0.298 e. The minimum atomic E-state index is -2.70. The normalized spacial score (nSPS) is 16.3. The highest BCUT2D eigenvalue weighted by molar-refractivity contribution is 6.22. The number of rotatable bonds is 4. The van der Waals surface area contributed by atoms with Crippen molar-refractivity contribution in [2.75, 3.05) is 0 Å². The molecule has 0 unspecified atom stereocenters. The lowest BCUT2D eigenvalue weighted by molar-refractivity contribution is -0.125. The standard InChI is InChI=1S/C17H12FNO3/c18-17(11-20,10-12-6-2-1-3-7-12)19-15(21)13-8-4-5-9-14(13)16(19)22/h1-9,11H,10H2/t17-/m1/s1. The van der Waals surface area contributed by atoms with E-state index in [1.165, 1.54) is 12.1 Å². The summed E-state index contributed by atoms with van der Waals surface area (Å²) in [5.41, 5.74) is 0.752. The van der Waals surface area contributed by atoms with Crippen LogP contribution in [0.25, 0.3) is 0 Å². The van der Waals surface area contributed by atoms with Crippen molar-refractivity contribution in [2.24, 2.45) is 0 Å². The second-order valence-corrected chi connectivity index (χ2v) is 5.09. The van der Waals surface area contributed by atoms with Crippen molar-refractivity contribution < 1.29 is 18.8 Å². The number of halogens is 1. The van der Waals surface area contributed by atoms with Gasteiger partial charge in [0.1, 0.15) is 0 Å². The summed E-state index contributed by atoms with van der Waals surface area (Å²) >= 11 is 0. The molecule has 0 saturated heterocycles. The van der Waals surface area contributed by atoms with Gasteiger partial charge < -0.3 is 0 Å². The number of hydrogen-bond donors (Lipinski definition) is 0. The van der Waals surface area contributed by atoms with E-state index in [1.807, 2.05) is 0 Å². The van der Waals surface area contributed by atoms with Crippen molar-refractivity contribution in [3.63, 3.8) is 0 Å². The molecule has 5 heteroatoms. The first-order valence-electron chi connectivity index (χ1n) is 6.74. The van der Waals surface area contributed by atoms with E-state index in [0.717, 1.165) is 0 Å². The Kier molecular flexibility index (Phi) is 3.33. The first-order valence-corrected chi connectivity index (χ1v) is 6.74. The van der Waals surface area contributed by atoms with Gasteiger partial charge in [-0.2, -0.15) is 0 Å². The van der Waals surface area contributed by atoms with Gasteiger partial charge in [0, 0.05) is 6.42 Å². The zero-order valence-corrected chi connectivity index (χ0v) is 11.5. The molecule has 110 valence electrons. The van der Waals surface area contributed by atoms with Crippen molar-refractivity contribution in [1.82, 2.24) is 4.90 Å². The van der Waals surface area contributed by atoms with Crippen LogP contribution in [-0.4, -0.2) is 28.8 Å². The maximum atomic E-state index is 15.1. The molecule has 2 aromatic carbocycles. The topological polar surface area (TPSA) is 54.5 Å². The molecule has 1 aliphatic heterocycles. The Bertz CT molecular complexity index is 725. The highest BCUT2D eigenvalue weighted by Gasteiger charge is 2.49. The third-order valence-electron chi connectivity index (χ3n) is 3.64. The van der Waals surface area contributed by atoms with Crippen LogP contribution in [0.1, 0.15) is 26.3 Å². The predicted octanol–water partition coefficient (Wildman–Crippen LogP) is 2.39. The SMILES string of the molecule is O=C[C@@](F)(Cc1ccccc1)N1C(=O)c2ccccc2C1=O. The first-order chi connectivity index (χ1) is 10.6. The summed E-state index contributed by atoms with van der Waals surface area (Å²) < 4.78 is 15.1. The maximum absolute atomic E-state index is 15.1. The molecular formula is C17H12FNO3. The number of hydrogen-bond acceptors (Lipinski definition) is 3. The average molecular weight is 297 g/mol. The van der Waals surface area contributed by atoms with Gasteiger partial charge in [-0.05, 0) is 17.7 Å². The Labute approximate surface area is 126 Å². The van der Waals surface area contributed by atoms with Gasteiger partial charge in [-0.15, -0.1) is 0 Å². The number of amides is 2. The molecule has 0 fully saturated rings. The Morgan fingerprint density at radius 3 is 1.91 bits per heavy atom. The molecule has 22 heavy (non-hydrogen) atoms. The number of carbonyl (C=O) groups is 3. The van der Waals surface area contributed by atoms with Gasteiger partial charge in [0.05, 0.1) is 11.1 Å². The molecule has 0 aromatic heterocycles. The Morgan fingerprint density at radius 1 is 0.909 bits per heavy atom. The summed E-state index contributed by atoms with van der Waals surface area (Å²) in [7, 11) is 0. The van der Waals surface area contributed by atoms with Crippen molar-refractivity contribution in [3.8, 4) is 0 Å². The van der Waals surface area contributed by atoms with Crippen molar-refractivity contribution in [3.05, 3.63) is 71.3 Å². The number of alkyl halides is 1. The molecule has 0 saturated carbocycles. The van der Waals surface area contributed by atoms with Crippen LogP contribution in [0, 0.1) is 0 Å². The lowest BCUT2D eigenvalue weighted by Gasteiger charge is -2.28. The number of aldehydes is 1. The molecule has 0 bridgehead atoms. The van der Waals surface area contributed by atoms with E-state index in [1.54, 1.807) is 42.5 Å². The average Bonchev–Trinajstić information content (AvgIpc) is 2.81. The van der Waals surface area contributed by atoms with Gasteiger partial charge in [-0.1, -0.05) is 42.5 Å². The molecule has 2 aromatic rings. The number of fused-ring (bicyclic) bond motifs is 1. The highest BCUT2D eigenvalue weighted by Crippen LogP contribution is 2.31. The van der Waals surface area contributed by atoms with Gasteiger partial charge in [-0.25, -0.2) is 9.29 Å². The van der Waals surface area contributed by atoms with Crippen LogP contribution in [0.5, 0.6) is 0 Å². The van der Waals surface area contributed by atoms with Gasteiger partial charge in [0.15, 0.2) is 6.29 Å². The van der Waals surface area contributed by atoms with Crippen LogP contribution in [0.3, 0.4) is 0 Å². The fourth-order valence-electron chi connectivity index (χ4n) is 2.58. The summed E-state index contributed by atoms with van der Waals surface area (Å²) in [6.45, 7) is 0. The second-order valence-electron chi connectivity index (χ2n) is 5.09. The van der Waals surface area contributed by atoms with Crippen LogP contribution < -0.4 is 0 Å². The summed E-state index contributed by atoms with van der Waals surface area (Å²) in [6, 6.07) is 14.5. The Morgan fingerprint density at radius 2 is 1.41 bits per heavy atom. The fourth-order valence-corrected chi connectivity index (χ4v) is 2.58. The van der Waals surface area contributed by atoms with Gasteiger partial charge in [0.25, 0.3) is 17.6 Å². The minimum Gasteiger partial charge on any atom is -0.298 e. The van der Waals surface area contributed by atoms with E-state index in [2.05, 4.69) is 0 Å². The summed E-state index contributed by atoms with van der Waals surface area (Å²) in [5, 5.41) is 0. The van der Waals surface area contributed by atoms with E-state index < -0.39 is 17.6 Å². The number of carbonyl (C=O) groups excluding carboxylic acids is 3. The lowest BCUT2D eigenvalue weighted by Crippen LogP contribution is -2.51. The van der Waals surface area contributed by atoms with Gasteiger partial charge >= 0.3 is 0 Å². The molecule has 1 atom stereocenters. The van der Waals surface area contributed by atoms with Crippen molar-refractivity contribution in [1.29, 1.82) is 0 Å².